The molecule has 0 aliphatic heterocycles. The molecular weight excluding hydrogens is 351 g/mol. The summed E-state index contributed by atoms with van der Waals surface area (Å²) in [6.07, 6.45) is 3.11. The number of thioether (sulfide) groups is 1. The van der Waals surface area contributed by atoms with Gasteiger partial charge in [-0.05, 0) is 47.4 Å². The number of nitro groups is 1. The molecule has 1 aromatic rings. The van der Waals surface area contributed by atoms with Crippen molar-refractivity contribution >= 4 is 45.7 Å². The molecule has 0 saturated heterocycles. The van der Waals surface area contributed by atoms with Crippen LogP contribution < -0.4 is 5.32 Å². The maximum atomic E-state index is 10.7. The van der Waals surface area contributed by atoms with Crippen LogP contribution in [-0.4, -0.2) is 23.0 Å². The second-order valence-corrected chi connectivity index (χ2v) is 5.70. The van der Waals surface area contributed by atoms with E-state index in [0.717, 1.165) is 17.9 Å². The number of anilines is 1. The second-order valence-electron chi connectivity index (χ2n) is 3.63. The smallest absolute Gasteiger partial charge is 0.282 e. The van der Waals surface area contributed by atoms with E-state index in [4.69, 9.17) is 0 Å². The first kappa shape index (κ1) is 14.6. The lowest BCUT2D eigenvalue weighted by atomic mass is 10.2. The summed E-state index contributed by atoms with van der Waals surface area (Å²) in [6.45, 7) is 2.13. The highest BCUT2D eigenvalue weighted by Crippen LogP contribution is 2.24. The molecule has 17 heavy (non-hydrogen) atoms. The van der Waals surface area contributed by atoms with Crippen LogP contribution in [0, 0.1) is 13.7 Å². The van der Waals surface area contributed by atoms with E-state index in [9.17, 15) is 10.1 Å². The second kappa shape index (κ2) is 7.05. The summed E-state index contributed by atoms with van der Waals surface area (Å²) in [5.74, 6) is 1.03. The number of nitro benzene ring substituents is 1. The number of benzene rings is 1. The lowest BCUT2D eigenvalue weighted by Gasteiger charge is -2.17. The minimum absolute atomic E-state index is 0.161. The van der Waals surface area contributed by atoms with E-state index < -0.39 is 0 Å². The molecule has 0 aliphatic carbocycles. The van der Waals surface area contributed by atoms with E-state index in [2.05, 4.69) is 18.5 Å². The number of hydrogen-bond acceptors (Lipinski definition) is 4. The fraction of sp³-hybridized carbons (Fsp3) is 0.455. The van der Waals surface area contributed by atoms with E-state index >= 15 is 0 Å². The maximum Gasteiger partial charge on any atom is 0.282 e. The van der Waals surface area contributed by atoms with Crippen LogP contribution >= 0.6 is 34.4 Å². The summed E-state index contributed by atoms with van der Waals surface area (Å²) < 4.78 is 0.664. The Morgan fingerprint density at radius 2 is 2.29 bits per heavy atom. The number of nitrogens with one attached hydrogen (secondary N) is 1. The van der Waals surface area contributed by atoms with Crippen molar-refractivity contribution in [1.29, 1.82) is 0 Å². The molecule has 0 fully saturated rings. The number of halogens is 1. The molecule has 0 aliphatic rings. The molecular formula is C11H15IN2O2S. The van der Waals surface area contributed by atoms with Gasteiger partial charge in [-0.25, -0.2) is 0 Å². The third-order valence-corrected chi connectivity index (χ3v) is 3.98. The highest BCUT2D eigenvalue weighted by Gasteiger charge is 2.12. The number of nitrogens with zero attached hydrogens (tertiary/aromatic N) is 1. The first-order chi connectivity index (χ1) is 8.08. The van der Waals surface area contributed by atoms with Gasteiger partial charge in [0.15, 0.2) is 0 Å². The quantitative estimate of drug-likeness (QED) is 0.473. The van der Waals surface area contributed by atoms with Crippen molar-refractivity contribution in [1.82, 2.24) is 0 Å². The first-order valence-corrected chi connectivity index (χ1v) is 7.75. The van der Waals surface area contributed by atoms with Crippen molar-refractivity contribution in [3.05, 3.63) is 31.9 Å². The van der Waals surface area contributed by atoms with Gasteiger partial charge < -0.3 is 5.32 Å². The van der Waals surface area contributed by atoms with Gasteiger partial charge in [0.1, 0.15) is 0 Å². The maximum absolute atomic E-state index is 10.7. The molecule has 0 aromatic heterocycles. The lowest BCUT2D eigenvalue weighted by molar-refractivity contribution is -0.385. The Balaban J connectivity index is 2.79. The molecule has 0 bridgehead atoms. The third-order valence-electron chi connectivity index (χ3n) is 2.38. The number of rotatable bonds is 6. The predicted molar refractivity (Wildman–Crippen MR) is 81.9 cm³/mol. The van der Waals surface area contributed by atoms with E-state index in [1.807, 2.05) is 28.7 Å². The Kier molecular flexibility index (Phi) is 6.04. The molecule has 0 saturated carbocycles. The molecule has 1 atom stereocenters. The molecule has 1 rings (SSSR count). The average Bonchev–Trinajstić information content (AvgIpc) is 2.28. The van der Waals surface area contributed by atoms with Gasteiger partial charge in [-0.2, -0.15) is 11.8 Å². The Morgan fingerprint density at radius 1 is 1.59 bits per heavy atom. The summed E-state index contributed by atoms with van der Waals surface area (Å²) in [5, 5.41) is 14.1. The van der Waals surface area contributed by atoms with Crippen LogP contribution in [0.1, 0.15) is 13.3 Å². The third kappa shape index (κ3) is 4.34. The van der Waals surface area contributed by atoms with Crippen molar-refractivity contribution in [2.45, 2.75) is 19.4 Å². The topological polar surface area (TPSA) is 55.2 Å². The molecule has 1 aromatic carbocycles. The Labute approximate surface area is 119 Å². The Bertz CT molecular complexity index is 401. The van der Waals surface area contributed by atoms with Crippen LogP contribution in [0.15, 0.2) is 18.2 Å². The minimum Gasteiger partial charge on any atom is -0.381 e. The largest absolute Gasteiger partial charge is 0.381 e. The van der Waals surface area contributed by atoms with E-state index in [0.29, 0.717) is 9.61 Å². The summed E-state index contributed by atoms with van der Waals surface area (Å²) in [7, 11) is 0. The molecule has 1 N–H and O–H groups in total. The fourth-order valence-corrected chi connectivity index (χ4v) is 2.88. The van der Waals surface area contributed by atoms with Crippen LogP contribution in [-0.2, 0) is 0 Å². The molecule has 0 heterocycles. The van der Waals surface area contributed by atoms with Gasteiger partial charge in [0, 0.05) is 23.5 Å². The highest BCUT2D eigenvalue weighted by atomic mass is 127. The van der Waals surface area contributed by atoms with Crippen molar-refractivity contribution in [2.24, 2.45) is 0 Å². The first-order valence-electron chi connectivity index (χ1n) is 5.27. The van der Waals surface area contributed by atoms with Crippen molar-refractivity contribution in [3.63, 3.8) is 0 Å². The lowest BCUT2D eigenvalue weighted by Crippen LogP contribution is -2.21. The van der Waals surface area contributed by atoms with E-state index in [1.54, 1.807) is 23.9 Å². The van der Waals surface area contributed by atoms with Gasteiger partial charge in [0.2, 0.25) is 0 Å². The van der Waals surface area contributed by atoms with Gasteiger partial charge in [-0.3, -0.25) is 10.1 Å². The molecule has 1 unspecified atom stereocenters. The van der Waals surface area contributed by atoms with Crippen LogP contribution in [0.5, 0.6) is 0 Å². The van der Waals surface area contributed by atoms with Crippen LogP contribution in [0.4, 0.5) is 11.4 Å². The summed E-state index contributed by atoms with van der Waals surface area (Å²) in [5.41, 5.74) is 1.11. The molecule has 0 spiro atoms. The van der Waals surface area contributed by atoms with Gasteiger partial charge >= 0.3 is 0 Å². The average molecular weight is 366 g/mol. The fourth-order valence-electron chi connectivity index (χ4n) is 1.44. The van der Waals surface area contributed by atoms with Gasteiger partial charge in [-0.1, -0.05) is 6.92 Å². The Hall–Kier alpha value is -0.500. The van der Waals surface area contributed by atoms with Gasteiger partial charge in [0.25, 0.3) is 5.69 Å². The SMILES string of the molecule is CCC(CSC)Nc1ccc([N+](=O)[O-])c(I)c1. The highest BCUT2D eigenvalue weighted by molar-refractivity contribution is 14.1. The zero-order valence-electron chi connectivity index (χ0n) is 9.77. The van der Waals surface area contributed by atoms with Crippen LogP contribution in [0.25, 0.3) is 0 Å². The van der Waals surface area contributed by atoms with Gasteiger partial charge in [0.05, 0.1) is 8.49 Å². The molecule has 4 nitrogen and oxygen atoms in total. The number of hydrogen-bond donors (Lipinski definition) is 1. The van der Waals surface area contributed by atoms with Crippen molar-refractivity contribution in [2.75, 3.05) is 17.3 Å². The summed E-state index contributed by atoms with van der Waals surface area (Å²) >= 11 is 3.79. The van der Waals surface area contributed by atoms with E-state index in [-0.39, 0.29) is 10.6 Å². The zero-order valence-corrected chi connectivity index (χ0v) is 12.7. The monoisotopic (exact) mass is 366 g/mol. The van der Waals surface area contributed by atoms with E-state index in [1.165, 1.54) is 0 Å². The molecule has 6 heteroatoms. The minimum atomic E-state index is -0.356. The predicted octanol–water partition coefficient (Wildman–Crippen LogP) is 3.75. The van der Waals surface area contributed by atoms with Gasteiger partial charge in [-0.15, -0.1) is 0 Å². The van der Waals surface area contributed by atoms with Crippen LogP contribution in [0.2, 0.25) is 0 Å². The molecule has 94 valence electrons. The molecule has 0 amide bonds. The Morgan fingerprint density at radius 3 is 2.76 bits per heavy atom. The van der Waals surface area contributed by atoms with Crippen LogP contribution in [0.3, 0.4) is 0 Å². The molecule has 0 radical (unpaired) electrons. The van der Waals surface area contributed by atoms with Crippen molar-refractivity contribution in [3.8, 4) is 0 Å². The summed E-state index contributed by atoms with van der Waals surface area (Å²) in [4.78, 5) is 10.3. The summed E-state index contributed by atoms with van der Waals surface area (Å²) in [6, 6.07) is 5.54. The van der Waals surface area contributed by atoms with Crippen molar-refractivity contribution < 1.29 is 4.92 Å². The normalized spacial score (nSPS) is 12.2. The standard InChI is InChI=1S/C11H15IN2O2S/c1-3-8(7-17-2)13-9-4-5-11(14(15)16)10(12)6-9/h4-6,8,13H,3,7H2,1-2H3. The zero-order chi connectivity index (χ0) is 12.8.